The van der Waals surface area contributed by atoms with Crippen molar-refractivity contribution < 1.29 is 18.3 Å². The maximum atomic E-state index is 13.2. The highest BCUT2D eigenvalue weighted by atomic mass is 79.9. The molecule has 0 saturated heterocycles. The molecule has 1 aromatic carbocycles. The Kier molecular flexibility index (Phi) is 4.41. The summed E-state index contributed by atoms with van der Waals surface area (Å²) in [5.41, 5.74) is 0. The number of hydrogen-bond donors (Lipinski definition) is 0. The fraction of sp³-hybridized carbons (Fsp3) is 0.364. The Hall–Kier alpha value is -0.970. The highest BCUT2D eigenvalue weighted by molar-refractivity contribution is 9.10. The molecule has 5 heteroatoms. The zero-order valence-corrected chi connectivity index (χ0v) is 10.5. The lowest BCUT2D eigenvalue weighted by Crippen LogP contribution is -2.17. The molecule has 0 saturated carbocycles. The van der Waals surface area contributed by atoms with Crippen LogP contribution in [-0.4, -0.2) is 12.4 Å². The average Bonchev–Trinajstić information content (AvgIpc) is 2.20. The monoisotopic (exact) mass is 292 g/mol. The molecule has 1 aromatic rings. The average molecular weight is 293 g/mol. The van der Waals surface area contributed by atoms with Gasteiger partial charge in [0.2, 0.25) is 5.82 Å². The summed E-state index contributed by atoms with van der Waals surface area (Å²) < 4.78 is 31.4. The van der Waals surface area contributed by atoms with Gasteiger partial charge in [0.15, 0.2) is 17.3 Å². The molecular weight excluding hydrogens is 282 g/mol. The molecule has 1 rings (SSSR count). The first-order valence-corrected chi connectivity index (χ1v) is 5.51. The summed E-state index contributed by atoms with van der Waals surface area (Å²) in [4.78, 5) is 11.2. The summed E-state index contributed by atoms with van der Waals surface area (Å²) in [6.07, 6.45) is 0. The SMILES string of the molecule is CC(C)C(=O)COc1cc(Br)cc(F)c1F. The molecule has 0 N–H and O–H groups in total. The van der Waals surface area contributed by atoms with E-state index in [2.05, 4.69) is 15.9 Å². The lowest BCUT2D eigenvalue weighted by Gasteiger charge is -2.09. The first-order chi connectivity index (χ1) is 7.41. The van der Waals surface area contributed by atoms with E-state index in [9.17, 15) is 13.6 Å². The molecule has 0 unspecified atom stereocenters. The highest BCUT2D eigenvalue weighted by Gasteiger charge is 2.14. The van der Waals surface area contributed by atoms with Crippen LogP contribution in [0.4, 0.5) is 8.78 Å². The number of ether oxygens (including phenoxy) is 1. The van der Waals surface area contributed by atoms with E-state index < -0.39 is 11.6 Å². The van der Waals surface area contributed by atoms with E-state index in [0.29, 0.717) is 4.47 Å². The third-order valence-corrected chi connectivity index (χ3v) is 2.43. The zero-order valence-electron chi connectivity index (χ0n) is 8.89. The molecule has 88 valence electrons. The molecule has 0 heterocycles. The predicted octanol–water partition coefficient (Wildman–Crippen LogP) is 3.33. The van der Waals surface area contributed by atoms with Crippen LogP contribution in [0.25, 0.3) is 0 Å². The normalized spacial score (nSPS) is 10.6. The summed E-state index contributed by atoms with van der Waals surface area (Å²) in [5.74, 6) is -2.72. The van der Waals surface area contributed by atoms with E-state index in [1.54, 1.807) is 13.8 Å². The third kappa shape index (κ3) is 3.27. The van der Waals surface area contributed by atoms with Crippen LogP contribution >= 0.6 is 15.9 Å². The fourth-order valence-electron chi connectivity index (χ4n) is 0.953. The van der Waals surface area contributed by atoms with Crippen LogP contribution < -0.4 is 4.74 Å². The van der Waals surface area contributed by atoms with Crippen LogP contribution in [0, 0.1) is 17.6 Å². The van der Waals surface area contributed by atoms with E-state index in [1.807, 2.05) is 0 Å². The maximum absolute atomic E-state index is 13.2. The summed E-state index contributed by atoms with van der Waals surface area (Å²) in [7, 11) is 0. The Morgan fingerprint density at radius 3 is 2.62 bits per heavy atom. The second-order valence-corrected chi connectivity index (χ2v) is 4.53. The maximum Gasteiger partial charge on any atom is 0.200 e. The number of benzene rings is 1. The minimum absolute atomic E-state index is 0.167. The second kappa shape index (κ2) is 5.39. The Morgan fingerprint density at radius 2 is 2.06 bits per heavy atom. The Balaban J connectivity index is 2.78. The lowest BCUT2D eigenvalue weighted by atomic mass is 10.1. The van der Waals surface area contributed by atoms with Crippen molar-refractivity contribution in [1.82, 2.24) is 0 Å². The molecule has 16 heavy (non-hydrogen) atoms. The van der Waals surface area contributed by atoms with Crippen molar-refractivity contribution in [2.75, 3.05) is 6.61 Å². The smallest absolute Gasteiger partial charge is 0.200 e. The number of carbonyl (C=O) groups is 1. The Bertz CT molecular complexity index is 405. The molecule has 0 atom stereocenters. The van der Waals surface area contributed by atoms with Crippen molar-refractivity contribution in [2.24, 2.45) is 5.92 Å². The molecule has 0 amide bonds. The number of halogens is 3. The third-order valence-electron chi connectivity index (χ3n) is 1.97. The van der Waals surface area contributed by atoms with E-state index >= 15 is 0 Å². The molecule has 0 aliphatic carbocycles. The van der Waals surface area contributed by atoms with Crippen molar-refractivity contribution in [3.8, 4) is 5.75 Å². The van der Waals surface area contributed by atoms with Crippen molar-refractivity contribution in [3.05, 3.63) is 28.2 Å². The fourth-order valence-corrected chi connectivity index (χ4v) is 1.36. The summed E-state index contributed by atoms with van der Waals surface area (Å²) in [6, 6.07) is 2.28. The van der Waals surface area contributed by atoms with Gasteiger partial charge in [0.05, 0.1) is 0 Å². The Morgan fingerprint density at radius 1 is 1.44 bits per heavy atom. The van der Waals surface area contributed by atoms with Gasteiger partial charge in [0.25, 0.3) is 0 Å². The molecule has 0 aromatic heterocycles. The largest absolute Gasteiger partial charge is 0.483 e. The van der Waals surface area contributed by atoms with E-state index in [1.165, 1.54) is 6.07 Å². The first kappa shape index (κ1) is 13.1. The van der Waals surface area contributed by atoms with Gasteiger partial charge >= 0.3 is 0 Å². The number of Topliss-reactive ketones (excluding diaryl/α,β-unsaturated/α-hetero) is 1. The minimum Gasteiger partial charge on any atom is -0.483 e. The van der Waals surface area contributed by atoms with Crippen LogP contribution in [0.2, 0.25) is 0 Å². The molecule has 0 bridgehead atoms. The standard InChI is InChI=1S/C11H11BrF2O2/c1-6(2)9(15)5-16-10-4-7(12)3-8(13)11(10)14/h3-4,6H,5H2,1-2H3. The van der Waals surface area contributed by atoms with Gasteiger partial charge < -0.3 is 4.74 Å². The van der Waals surface area contributed by atoms with Crippen LogP contribution in [-0.2, 0) is 4.79 Å². The first-order valence-electron chi connectivity index (χ1n) is 4.72. The van der Waals surface area contributed by atoms with Gasteiger partial charge in [0, 0.05) is 10.4 Å². The molecule has 2 nitrogen and oxygen atoms in total. The van der Waals surface area contributed by atoms with Gasteiger partial charge in [-0.3, -0.25) is 4.79 Å². The van der Waals surface area contributed by atoms with E-state index in [-0.39, 0.29) is 24.1 Å². The second-order valence-electron chi connectivity index (χ2n) is 3.61. The Labute approximate surface area is 101 Å². The molecule has 0 aliphatic heterocycles. The summed E-state index contributed by atoms with van der Waals surface area (Å²) in [5, 5.41) is 0. The van der Waals surface area contributed by atoms with Gasteiger partial charge in [0.1, 0.15) is 6.61 Å². The van der Waals surface area contributed by atoms with Gasteiger partial charge in [-0.15, -0.1) is 0 Å². The van der Waals surface area contributed by atoms with E-state index in [0.717, 1.165) is 6.07 Å². The highest BCUT2D eigenvalue weighted by Crippen LogP contribution is 2.25. The van der Waals surface area contributed by atoms with Gasteiger partial charge in [-0.2, -0.15) is 4.39 Å². The van der Waals surface area contributed by atoms with Crippen LogP contribution in [0.15, 0.2) is 16.6 Å². The van der Waals surface area contributed by atoms with Crippen LogP contribution in [0.5, 0.6) is 5.75 Å². The number of carbonyl (C=O) groups excluding carboxylic acids is 1. The van der Waals surface area contributed by atoms with Gasteiger partial charge in [-0.25, -0.2) is 4.39 Å². The molecule has 0 fully saturated rings. The molecular formula is C11H11BrF2O2. The van der Waals surface area contributed by atoms with Crippen molar-refractivity contribution >= 4 is 21.7 Å². The number of hydrogen-bond acceptors (Lipinski definition) is 2. The predicted molar refractivity (Wildman–Crippen MR) is 59.4 cm³/mol. The van der Waals surface area contributed by atoms with Crippen LogP contribution in [0.3, 0.4) is 0 Å². The van der Waals surface area contributed by atoms with Crippen molar-refractivity contribution in [2.45, 2.75) is 13.8 Å². The topological polar surface area (TPSA) is 26.3 Å². The summed E-state index contributed by atoms with van der Waals surface area (Å²) in [6.45, 7) is 3.16. The molecule has 0 spiro atoms. The van der Waals surface area contributed by atoms with Gasteiger partial charge in [-0.1, -0.05) is 29.8 Å². The molecule has 0 aliphatic rings. The van der Waals surface area contributed by atoms with Gasteiger partial charge in [-0.05, 0) is 12.1 Å². The minimum atomic E-state index is -1.08. The summed E-state index contributed by atoms with van der Waals surface area (Å²) >= 11 is 3.01. The quantitative estimate of drug-likeness (QED) is 0.796. The number of rotatable bonds is 4. The number of ketones is 1. The van der Waals surface area contributed by atoms with Crippen molar-refractivity contribution in [3.63, 3.8) is 0 Å². The van der Waals surface area contributed by atoms with Crippen LogP contribution in [0.1, 0.15) is 13.8 Å². The lowest BCUT2D eigenvalue weighted by molar-refractivity contribution is -0.123. The van der Waals surface area contributed by atoms with Crippen molar-refractivity contribution in [1.29, 1.82) is 0 Å². The zero-order chi connectivity index (χ0) is 12.3. The van der Waals surface area contributed by atoms with E-state index in [4.69, 9.17) is 4.74 Å². The molecule has 0 radical (unpaired) electrons.